The van der Waals surface area contributed by atoms with Gasteiger partial charge in [0.1, 0.15) is 5.75 Å². The third-order valence-corrected chi connectivity index (χ3v) is 7.24. The molecule has 0 atom stereocenters. The maximum atomic E-state index is 13.1. The van der Waals surface area contributed by atoms with E-state index < -0.39 is 9.84 Å². The number of amides is 1. The van der Waals surface area contributed by atoms with Gasteiger partial charge in [-0.05, 0) is 60.9 Å². The number of para-hydroxylation sites is 2. The van der Waals surface area contributed by atoms with Gasteiger partial charge in [0.05, 0.1) is 16.3 Å². The summed E-state index contributed by atoms with van der Waals surface area (Å²) in [5.41, 5.74) is 1.70. The summed E-state index contributed by atoms with van der Waals surface area (Å²) < 4.78 is 31.0. The van der Waals surface area contributed by atoms with Crippen LogP contribution in [0.1, 0.15) is 28.2 Å². The molecule has 0 aliphatic heterocycles. The summed E-state index contributed by atoms with van der Waals surface area (Å²) >= 11 is 5.85. The summed E-state index contributed by atoms with van der Waals surface area (Å²) in [5, 5.41) is 16.9. The standard InChI is InChI=1S/C24H22ClN5O4S/c25-18-11-13-19(14-12-18)35(32,33)15-5-7-17-6-1-2-8-20(17)24(31)26-21-9-3-4-10-22(21)34-16-23-27-29-30-28-23/h1-4,6,8-14H,5,7,15-16H2,(H,26,31)(H,27,28,29,30). The lowest BCUT2D eigenvalue weighted by Crippen LogP contribution is -2.16. The molecule has 180 valence electrons. The van der Waals surface area contributed by atoms with Crippen molar-refractivity contribution in [3.05, 3.63) is 94.8 Å². The lowest BCUT2D eigenvalue weighted by atomic mass is 10.0. The van der Waals surface area contributed by atoms with Gasteiger partial charge in [0.2, 0.25) is 5.82 Å². The second-order valence-corrected chi connectivity index (χ2v) is 10.1. The molecule has 0 fully saturated rings. The number of sulfone groups is 1. The van der Waals surface area contributed by atoms with Crippen LogP contribution in [0.5, 0.6) is 5.75 Å². The number of aromatic amines is 1. The number of H-pyrrole nitrogens is 1. The number of benzene rings is 3. The SMILES string of the molecule is O=C(Nc1ccccc1OCc1nn[nH]n1)c1ccccc1CCCS(=O)(=O)c1ccc(Cl)cc1. The molecule has 0 spiro atoms. The second kappa shape index (κ2) is 11.1. The van der Waals surface area contributed by atoms with Crippen LogP contribution in [0.15, 0.2) is 77.7 Å². The molecule has 1 aromatic heterocycles. The van der Waals surface area contributed by atoms with Gasteiger partial charge in [0.15, 0.2) is 16.4 Å². The number of hydrogen-bond acceptors (Lipinski definition) is 7. The summed E-state index contributed by atoms with van der Waals surface area (Å²) in [6, 6.07) is 20.2. The van der Waals surface area contributed by atoms with E-state index in [0.717, 1.165) is 5.56 Å². The molecular weight excluding hydrogens is 490 g/mol. The van der Waals surface area contributed by atoms with Gasteiger partial charge in [-0.3, -0.25) is 4.79 Å². The first kappa shape index (κ1) is 24.4. The minimum atomic E-state index is -3.45. The molecule has 11 heteroatoms. The molecule has 1 amide bonds. The van der Waals surface area contributed by atoms with Crippen molar-refractivity contribution in [1.29, 1.82) is 0 Å². The number of aromatic nitrogens is 4. The first-order valence-electron chi connectivity index (χ1n) is 10.7. The Bertz CT molecular complexity index is 1390. The number of aryl methyl sites for hydroxylation is 1. The van der Waals surface area contributed by atoms with E-state index in [9.17, 15) is 13.2 Å². The smallest absolute Gasteiger partial charge is 0.256 e. The number of carbonyl (C=O) groups excluding carboxylic acids is 1. The Labute approximate surface area is 207 Å². The molecule has 0 aliphatic carbocycles. The molecule has 0 saturated carbocycles. The molecule has 2 N–H and O–H groups in total. The van der Waals surface area contributed by atoms with Gasteiger partial charge >= 0.3 is 0 Å². The summed E-state index contributed by atoms with van der Waals surface area (Å²) in [6.07, 6.45) is 0.784. The molecule has 4 rings (SSSR count). The van der Waals surface area contributed by atoms with Crippen molar-refractivity contribution in [2.24, 2.45) is 0 Å². The average Bonchev–Trinajstić information content (AvgIpc) is 3.38. The molecule has 0 radical (unpaired) electrons. The fraction of sp³-hybridized carbons (Fsp3) is 0.167. The van der Waals surface area contributed by atoms with Gasteiger partial charge in [-0.15, -0.1) is 10.2 Å². The molecule has 0 aliphatic rings. The molecular formula is C24H22ClN5O4S. The van der Waals surface area contributed by atoms with E-state index in [1.807, 2.05) is 12.1 Å². The van der Waals surface area contributed by atoms with Crippen LogP contribution in [-0.4, -0.2) is 40.7 Å². The molecule has 0 bridgehead atoms. The normalized spacial score (nSPS) is 11.2. The fourth-order valence-corrected chi connectivity index (χ4v) is 4.88. The van der Waals surface area contributed by atoms with E-state index in [1.54, 1.807) is 48.5 Å². The Morgan fingerprint density at radius 3 is 2.51 bits per heavy atom. The fourth-order valence-electron chi connectivity index (χ4n) is 3.44. The molecule has 0 unspecified atom stereocenters. The van der Waals surface area contributed by atoms with E-state index in [4.69, 9.17) is 16.3 Å². The highest BCUT2D eigenvalue weighted by Crippen LogP contribution is 2.26. The highest BCUT2D eigenvalue weighted by atomic mass is 35.5. The molecule has 35 heavy (non-hydrogen) atoms. The number of nitrogens with one attached hydrogen (secondary N) is 2. The number of rotatable bonds is 10. The molecule has 4 aromatic rings. The van der Waals surface area contributed by atoms with Gasteiger partial charge in [-0.1, -0.05) is 47.1 Å². The minimum Gasteiger partial charge on any atom is -0.483 e. The lowest BCUT2D eigenvalue weighted by Gasteiger charge is -2.13. The third-order valence-electron chi connectivity index (χ3n) is 5.18. The number of tetrazole rings is 1. The van der Waals surface area contributed by atoms with Crippen LogP contribution in [-0.2, 0) is 22.9 Å². The Morgan fingerprint density at radius 2 is 1.74 bits per heavy atom. The van der Waals surface area contributed by atoms with E-state index >= 15 is 0 Å². The Hall–Kier alpha value is -3.76. The molecule has 0 saturated heterocycles. The van der Waals surface area contributed by atoms with Gasteiger partial charge in [0, 0.05) is 10.6 Å². The summed E-state index contributed by atoms with van der Waals surface area (Å²) in [5.74, 6) is 0.469. The van der Waals surface area contributed by atoms with Crippen molar-refractivity contribution < 1.29 is 17.9 Å². The van der Waals surface area contributed by atoms with Gasteiger partial charge in [-0.25, -0.2) is 8.42 Å². The first-order valence-corrected chi connectivity index (χ1v) is 12.8. The first-order chi connectivity index (χ1) is 16.9. The zero-order chi connectivity index (χ0) is 24.7. The van der Waals surface area contributed by atoms with Crippen LogP contribution in [0.25, 0.3) is 0 Å². The zero-order valence-corrected chi connectivity index (χ0v) is 20.1. The van der Waals surface area contributed by atoms with Gasteiger partial charge < -0.3 is 10.1 Å². The number of anilines is 1. The van der Waals surface area contributed by atoms with Crippen molar-refractivity contribution in [1.82, 2.24) is 20.6 Å². The van der Waals surface area contributed by atoms with Crippen molar-refractivity contribution in [3.63, 3.8) is 0 Å². The highest BCUT2D eigenvalue weighted by molar-refractivity contribution is 7.91. The van der Waals surface area contributed by atoms with Crippen LogP contribution in [0.2, 0.25) is 5.02 Å². The van der Waals surface area contributed by atoms with Crippen LogP contribution in [0, 0.1) is 0 Å². The number of nitrogens with zero attached hydrogens (tertiary/aromatic N) is 3. The average molecular weight is 512 g/mol. The van der Waals surface area contributed by atoms with Crippen molar-refractivity contribution in [2.75, 3.05) is 11.1 Å². The van der Waals surface area contributed by atoms with Gasteiger partial charge in [0.25, 0.3) is 5.91 Å². The van der Waals surface area contributed by atoms with Crippen LogP contribution < -0.4 is 10.1 Å². The van der Waals surface area contributed by atoms with Crippen molar-refractivity contribution in [2.45, 2.75) is 24.3 Å². The second-order valence-electron chi connectivity index (χ2n) is 7.60. The van der Waals surface area contributed by atoms with E-state index in [-0.39, 0.29) is 23.2 Å². The van der Waals surface area contributed by atoms with Crippen LogP contribution in [0.3, 0.4) is 0 Å². The van der Waals surface area contributed by atoms with E-state index in [1.165, 1.54) is 12.1 Å². The maximum absolute atomic E-state index is 13.1. The highest BCUT2D eigenvalue weighted by Gasteiger charge is 2.17. The van der Waals surface area contributed by atoms with Crippen LogP contribution in [0.4, 0.5) is 5.69 Å². The van der Waals surface area contributed by atoms with E-state index in [0.29, 0.717) is 40.7 Å². The third kappa shape index (κ3) is 6.43. The molecule has 3 aromatic carbocycles. The summed E-state index contributed by atoms with van der Waals surface area (Å²) in [4.78, 5) is 13.3. The Kier molecular flexibility index (Phi) is 7.74. The molecule has 9 nitrogen and oxygen atoms in total. The number of hydrogen-bond donors (Lipinski definition) is 2. The quantitative estimate of drug-likeness (QED) is 0.328. The van der Waals surface area contributed by atoms with Crippen molar-refractivity contribution in [3.8, 4) is 5.75 Å². The maximum Gasteiger partial charge on any atom is 0.256 e. The predicted octanol–water partition coefficient (Wildman–Crippen LogP) is 4.09. The minimum absolute atomic E-state index is 0.0443. The summed E-state index contributed by atoms with van der Waals surface area (Å²) in [7, 11) is -3.45. The lowest BCUT2D eigenvalue weighted by molar-refractivity contribution is 0.102. The molecule has 1 heterocycles. The Balaban J connectivity index is 1.42. The van der Waals surface area contributed by atoms with Crippen molar-refractivity contribution >= 4 is 33.0 Å². The topological polar surface area (TPSA) is 127 Å². The number of carbonyl (C=O) groups is 1. The van der Waals surface area contributed by atoms with Crippen LogP contribution >= 0.6 is 11.6 Å². The predicted molar refractivity (Wildman–Crippen MR) is 131 cm³/mol. The van der Waals surface area contributed by atoms with Gasteiger partial charge in [-0.2, -0.15) is 5.21 Å². The van der Waals surface area contributed by atoms with E-state index in [2.05, 4.69) is 25.9 Å². The number of ether oxygens (including phenoxy) is 1. The largest absolute Gasteiger partial charge is 0.483 e. The number of halogens is 1. The summed E-state index contributed by atoms with van der Waals surface area (Å²) in [6.45, 7) is 0.0854. The Morgan fingerprint density at radius 1 is 1.00 bits per heavy atom. The zero-order valence-electron chi connectivity index (χ0n) is 18.5. The monoisotopic (exact) mass is 511 g/mol.